The van der Waals surface area contributed by atoms with Gasteiger partial charge in [0.15, 0.2) is 6.17 Å². The van der Waals surface area contributed by atoms with Gasteiger partial charge in [0.2, 0.25) is 5.91 Å². The molecule has 0 radical (unpaired) electrons. The van der Waals surface area contributed by atoms with Gasteiger partial charge in [-0.1, -0.05) is 121 Å². The van der Waals surface area contributed by atoms with Crippen molar-refractivity contribution < 1.29 is 47.5 Å². The van der Waals surface area contributed by atoms with E-state index in [4.69, 9.17) is 28.4 Å². The fourth-order valence-electron chi connectivity index (χ4n) is 5.93. The molecule has 0 bridgehead atoms. The molecule has 0 spiro atoms. The molecule has 1 saturated heterocycles. The third-order valence-electron chi connectivity index (χ3n) is 8.50. The number of rotatable bonds is 17. The van der Waals surface area contributed by atoms with E-state index in [1.54, 1.807) is 24.3 Å². The molecule has 1 heterocycles. The summed E-state index contributed by atoms with van der Waals surface area (Å²) in [6.45, 7) is 1.53. The van der Waals surface area contributed by atoms with Crippen molar-refractivity contribution in [2.45, 2.75) is 75.8 Å². The number of hydrogen-bond acceptors (Lipinski definition) is 9. The third kappa shape index (κ3) is 10.3. The smallest absolute Gasteiger partial charge is 0.369 e. The quantitative estimate of drug-likeness (QED) is 0.146. The second-order valence-electron chi connectivity index (χ2n) is 12.3. The van der Waals surface area contributed by atoms with Gasteiger partial charge in [-0.05, 0) is 22.3 Å². The van der Waals surface area contributed by atoms with Crippen molar-refractivity contribution in [2.24, 2.45) is 0 Å². The Morgan fingerprint density at radius 2 is 1.24 bits per heavy atom. The first-order valence-electron chi connectivity index (χ1n) is 16.8. The number of benzene rings is 4. The van der Waals surface area contributed by atoms with Crippen LogP contribution < -0.4 is 5.32 Å². The second-order valence-corrected chi connectivity index (χ2v) is 12.3. The number of alkyl halides is 1. The van der Waals surface area contributed by atoms with Gasteiger partial charge in [0.25, 0.3) is 0 Å². The number of ether oxygens (including phenoxy) is 6. The van der Waals surface area contributed by atoms with Crippen LogP contribution >= 0.6 is 0 Å². The highest BCUT2D eigenvalue weighted by Crippen LogP contribution is 2.37. The largest absolute Gasteiger partial charge is 0.465 e. The number of methoxy groups -OCH3 is 1. The minimum atomic E-state index is -3.13. The minimum absolute atomic E-state index is 0.0350. The summed E-state index contributed by atoms with van der Waals surface area (Å²) < 4.78 is 52.8. The molecular weight excluding hydrogens is 657 g/mol. The molecule has 1 aliphatic rings. The molecule has 7 atom stereocenters. The Balaban J connectivity index is 1.55. The number of aliphatic hydroxyl groups is 1. The van der Waals surface area contributed by atoms with E-state index in [2.05, 4.69) is 5.32 Å². The molecule has 4 aromatic carbocycles. The minimum Gasteiger partial charge on any atom is -0.465 e. The zero-order chi connectivity index (χ0) is 36.1. The van der Waals surface area contributed by atoms with Crippen molar-refractivity contribution in [3.63, 3.8) is 0 Å². The maximum Gasteiger partial charge on any atom is 0.369 e. The standard InChI is InChI=1S/C40H44FNO9/c1-28(43)42-34-36(51-40(45,39(44)46-2)38(41)37(34)50-26-32-21-13-6-14-22-32)35(49-25-31-19-11-5-12-20-31)33(48-24-30-17-9-4-10-18-30)27-47-23-29-15-7-3-8-16-29/h3-22,33-38,45H,23-27H2,1-2H3,(H,42,43)/t33?,34-,35?,36-,37+,38-,40-/m0/s1. The molecule has 4 aromatic rings. The normalized spacial score (nSPS) is 22.8. The molecule has 0 aliphatic carbocycles. The number of carbonyl (C=O) groups excluding carboxylic acids is 2. The highest BCUT2D eigenvalue weighted by atomic mass is 19.1. The Morgan fingerprint density at radius 1 is 0.765 bits per heavy atom. The average molecular weight is 702 g/mol. The zero-order valence-corrected chi connectivity index (χ0v) is 28.6. The van der Waals surface area contributed by atoms with Crippen LogP contribution in [0.5, 0.6) is 0 Å². The fourth-order valence-corrected chi connectivity index (χ4v) is 5.93. The van der Waals surface area contributed by atoms with Gasteiger partial charge in [0.1, 0.15) is 24.4 Å². The number of amides is 1. The van der Waals surface area contributed by atoms with Crippen LogP contribution in [-0.2, 0) is 64.4 Å². The maximum atomic E-state index is 16.5. The highest BCUT2D eigenvalue weighted by molar-refractivity contribution is 5.79. The van der Waals surface area contributed by atoms with E-state index in [1.807, 2.05) is 97.1 Å². The van der Waals surface area contributed by atoms with Crippen molar-refractivity contribution in [1.82, 2.24) is 5.32 Å². The molecular formula is C40H44FNO9. The van der Waals surface area contributed by atoms with Crippen LogP contribution in [0.1, 0.15) is 29.2 Å². The van der Waals surface area contributed by atoms with Gasteiger partial charge in [-0.3, -0.25) is 4.79 Å². The monoisotopic (exact) mass is 701 g/mol. The van der Waals surface area contributed by atoms with E-state index >= 15 is 4.39 Å². The SMILES string of the molecule is COC(=O)[C@@]1(O)O[C@H](C(OCc2ccccc2)C(COCc2ccccc2)OCc2ccccc2)[C@H](NC(C)=O)[C@@H](OCc2ccccc2)[C@@H]1F. The van der Waals surface area contributed by atoms with Crippen LogP contribution in [0.3, 0.4) is 0 Å². The topological polar surface area (TPSA) is 122 Å². The van der Waals surface area contributed by atoms with E-state index < -0.39 is 54.3 Å². The molecule has 2 unspecified atom stereocenters. The van der Waals surface area contributed by atoms with Crippen molar-refractivity contribution in [1.29, 1.82) is 0 Å². The lowest BCUT2D eigenvalue weighted by Crippen LogP contribution is -2.73. The van der Waals surface area contributed by atoms with Gasteiger partial charge in [-0.15, -0.1) is 0 Å². The first kappa shape index (κ1) is 37.8. The average Bonchev–Trinajstić information content (AvgIpc) is 3.16. The lowest BCUT2D eigenvalue weighted by atomic mass is 9.86. The number of hydrogen-bond donors (Lipinski definition) is 2. The Kier molecular flexibility index (Phi) is 13.8. The number of carbonyl (C=O) groups is 2. The van der Waals surface area contributed by atoms with Crippen LogP contribution in [0.25, 0.3) is 0 Å². The Morgan fingerprint density at radius 3 is 1.73 bits per heavy atom. The molecule has 1 fully saturated rings. The molecule has 1 aliphatic heterocycles. The van der Waals surface area contributed by atoms with Crippen LogP contribution in [0, 0.1) is 0 Å². The number of halogens is 1. The number of nitrogens with one attached hydrogen (secondary N) is 1. The highest BCUT2D eigenvalue weighted by Gasteiger charge is 2.63. The predicted molar refractivity (Wildman–Crippen MR) is 185 cm³/mol. The molecule has 0 saturated carbocycles. The molecule has 270 valence electrons. The summed E-state index contributed by atoms with van der Waals surface area (Å²) in [5.74, 6) is -5.03. The van der Waals surface area contributed by atoms with Gasteiger partial charge < -0.3 is 38.8 Å². The first-order chi connectivity index (χ1) is 24.8. The Hall–Kier alpha value is -4.49. The predicted octanol–water partition coefficient (Wildman–Crippen LogP) is 5.06. The van der Waals surface area contributed by atoms with Gasteiger partial charge in [-0.2, -0.15) is 0 Å². The van der Waals surface area contributed by atoms with Crippen LogP contribution in [0.2, 0.25) is 0 Å². The first-order valence-corrected chi connectivity index (χ1v) is 16.8. The summed E-state index contributed by atoms with van der Waals surface area (Å²) in [7, 11) is 1.01. The Labute approximate surface area is 297 Å². The van der Waals surface area contributed by atoms with Gasteiger partial charge >= 0.3 is 11.8 Å². The molecule has 0 aromatic heterocycles. The van der Waals surface area contributed by atoms with Gasteiger partial charge in [0, 0.05) is 6.92 Å². The summed E-state index contributed by atoms with van der Waals surface area (Å²) in [6, 6.07) is 36.0. The van der Waals surface area contributed by atoms with Gasteiger partial charge in [-0.25, -0.2) is 9.18 Å². The van der Waals surface area contributed by atoms with E-state index in [0.29, 0.717) is 5.56 Å². The van der Waals surface area contributed by atoms with Crippen LogP contribution in [0.4, 0.5) is 4.39 Å². The number of esters is 1. The molecule has 11 heteroatoms. The molecule has 1 amide bonds. The van der Waals surface area contributed by atoms with Crippen molar-refractivity contribution in [3.05, 3.63) is 144 Å². The van der Waals surface area contributed by atoms with Crippen molar-refractivity contribution >= 4 is 11.9 Å². The summed E-state index contributed by atoms with van der Waals surface area (Å²) >= 11 is 0. The second kappa shape index (κ2) is 18.7. The molecule has 51 heavy (non-hydrogen) atoms. The van der Waals surface area contributed by atoms with E-state index in [1.165, 1.54) is 6.92 Å². The zero-order valence-electron chi connectivity index (χ0n) is 28.6. The van der Waals surface area contributed by atoms with Crippen molar-refractivity contribution in [2.75, 3.05) is 13.7 Å². The van der Waals surface area contributed by atoms with Crippen molar-refractivity contribution in [3.8, 4) is 0 Å². The molecule has 5 rings (SSSR count). The van der Waals surface area contributed by atoms with Crippen LogP contribution in [0.15, 0.2) is 121 Å². The van der Waals surface area contributed by atoms with E-state index in [-0.39, 0.29) is 33.0 Å². The summed E-state index contributed by atoms with van der Waals surface area (Å²) in [5, 5.41) is 14.4. The fraction of sp³-hybridized carbons (Fsp3) is 0.350. The third-order valence-corrected chi connectivity index (χ3v) is 8.50. The lowest BCUT2D eigenvalue weighted by Gasteiger charge is -2.49. The van der Waals surface area contributed by atoms with Crippen LogP contribution in [-0.4, -0.2) is 73.1 Å². The summed E-state index contributed by atoms with van der Waals surface area (Å²) in [4.78, 5) is 25.9. The van der Waals surface area contributed by atoms with Gasteiger partial charge in [0.05, 0.1) is 46.2 Å². The Bertz CT molecular complexity index is 1630. The molecule has 10 nitrogen and oxygen atoms in total. The summed E-state index contributed by atoms with van der Waals surface area (Å²) in [6.07, 6.45) is -7.61. The molecule has 2 N–H and O–H groups in total. The lowest BCUT2D eigenvalue weighted by molar-refractivity contribution is -0.331. The summed E-state index contributed by atoms with van der Waals surface area (Å²) in [5.41, 5.74) is 3.27. The maximum absolute atomic E-state index is 16.5. The van der Waals surface area contributed by atoms with E-state index in [9.17, 15) is 14.7 Å². The van der Waals surface area contributed by atoms with E-state index in [0.717, 1.165) is 23.8 Å².